The Kier molecular flexibility index (Phi) is 5.51. The fourth-order valence-electron chi connectivity index (χ4n) is 3.27. The normalized spacial score (nSPS) is 13.7. The lowest BCUT2D eigenvalue weighted by Crippen LogP contribution is -2.14. The van der Waals surface area contributed by atoms with Crippen LogP contribution in [0.1, 0.15) is 29.5 Å². The number of hydrogen-bond acceptors (Lipinski definition) is 3. The third-order valence-electron chi connectivity index (χ3n) is 4.99. The molecule has 0 aliphatic heterocycles. The molecule has 1 aliphatic carbocycles. The van der Waals surface area contributed by atoms with Gasteiger partial charge in [-0.05, 0) is 65.8 Å². The highest BCUT2D eigenvalue weighted by Crippen LogP contribution is 2.31. The van der Waals surface area contributed by atoms with Gasteiger partial charge in [0.05, 0.1) is 0 Å². The van der Waals surface area contributed by atoms with Crippen LogP contribution in [0.5, 0.6) is 0 Å². The second-order valence-electron chi connectivity index (χ2n) is 7.32. The zero-order valence-electron chi connectivity index (χ0n) is 15.8. The van der Waals surface area contributed by atoms with Gasteiger partial charge in [0, 0.05) is 23.2 Å². The molecular formula is C24H26N2S. The lowest BCUT2D eigenvalue weighted by molar-refractivity contribution is 1.05. The van der Waals surface area contributed by atoms with E-state index in [1.165, 1.54) is 40.3 Å². The predicted molar refractivity (Wildman–Crippen MR) is 119 cm³/mol. The molecule has 0 saturated heterocycles. The van der Waals surface area contributed by atoms with Crippen LogP contribution in [0.25, 0.3) is 10.8 Å². The van der Waals surface area contributed by atoms with Crippen molar-refractivity contribution in [2.75, 3.05) is 11.9 Å². The number of benzene rings is 3. The molecule has 0 aromatic heterocycles. The molecule has 4 rings (SSSR count). The van der Waals surface area contributed by atoms with E-state index in [4.69, 9.17) is 0 Å². The molecule has 27 heavy (non-hydrogen) atoms. The first-order valence-corrected chi connectivity index (χ1v) is 10.5. The Bertz CT molecular complexity index is 954. The number of nitrogens with one attached hydrogen (secondary N) is 2. The molecule has 0 unspecified atom stereocenters. The van der Waals surface area contributed by atoms with Crippen LogP contribution >= 0.6 is 11.9 Å². The summed E-state index contributed by atoms with van der Waals surface area (Å²) in [4.78, 5) is 0. The SMILES string of the molecule is C=C(CNSC1CC1)Nc1ccc(C)c(Cc2cccc3ccccc23)c1. The Morgan fingerprint density at radius 2 is 1.85 bits per heavy atom. The van der Waals surface area contributed by atoms with E-state index in [0.29, 0.717) is 0 Å². The summed E-state index contributed by atoms with van der Waals surface area (Å²) in [5, 5.41) is 6.90. The highest BCUT2D eigenvalue weighted by Gasteiger charge is 2.21. The average Bonchev–Trinajstić information content (AvgIpc) is 3.49. The van der Waals surface area contributed by atoms with Crippen LogP contribution in [0, 0.1) is 6.92 Å². The Hall–Kier alpha value is -2.23. The first kappa shape index (κ1) is 18.1. The smallest absolute Gasteiger partial charge is 0.0455 e. The van der Waals surface area contributed by atoms with E-state index in [1.54, 1.807) is 0 Å². The maximum Gasteiger partial charge on any atom is 0.0455 e. The molecule has 0 spiro atoms. The molecule has 1 aliphatic rings. The summed E-state index contributed by atoms with van der Waals surface area (Å²) in [7, 11) is 0. The minimum Gasteiger partial charge on any atom is -0.358 e. The maximum absolute atomic E-state index is 4.16. The lowest BCUT2D eigenvalue weighted by atomic mass is 9.96. The monoisotopic (exact) mass is 374 g/mol. The molecule has 0 radical (unpaired) electrons. The highest BCUT2D eigenvalue weighted by molar-refractivity contribution is 7.98. The summed E-state index contributed by atoms with van der Waals surface area (Å²) < 4.78 is 3.41. The van der Waals surface area contributed by atoms with Gasteiger partial charge < -0.3 is 5.32 Å². The first-order valence-electron chi connectivity index (χ1n) is 9.58. The zero-order chi connectivity index (χ0) is 18.6. The molecule has 1 saturated carbocycles. The Morgan fingerprint density at radius 1 is 1.04 bits per heavy atom. The quantitative estimate of drug-likeness (QED) is 0.468. The van der Waals surface area contributed by atoms with Crippen LogP contribution in [0.2, 0.25) is 0 Å². The predicted octanol–water partition coefficient (Wildman–Crippen LogP) is 6.06. The van der Waals surface area contributed by atoms with Crippen molar-refractivity contribution in [3.63, 3.8) is 0 Å². The second kappa shape index (κ2) is 8.20. The Balaban J connectivity index is 1.47. The van der Waals surface area contributed by atoms with E-state index >= 15 is 0 Å². The maximum atomic E-state index is 4.16. The van der Waals surface area contributed by atoms with E-state index < -0.39 is 0 Å². The standard InChI is InChI=1S/C24H26N2S/c1-17-10-11-22(26-18(2)16-25-27-23-12-13-23)15-21(17)14-20-8-5-7-19-6-3-4-9-24(19)20/h3-11,15,23,25-26H,2,12-14,16H2,1H3. The van der Waals surface area contributed by atoms with Crippen molar-refractivity contribution >= 4 is 28.4 Å². The summed E-state index contributed by atoms with van der Waals surface area (Å²) in [5.41, 5.74) is 6.16. The molecular weight excluding hydrogens is 348 g/mol. The van der Waals surface area contributed by atoms with Crippen molar-refractivity contribution in [3.05, 3.63) is 89.6 Å². The van der Waals surface area contributed by atoms with Crippen molar-refractivity contribution in [3.8, 4) is 0 Å². The lowest BCUT2D eigenvalue weighted by Gasteiger charge is -2.14. The number of hydrogen-bond donors (Lipinski definition) is 2. The average molecular weight is 375 g/mol. The molecule has 0 heterocycles. The second-order valence-corrected chi connectivity index (χ2v) is 8.51. The van der Waals surface area contributed by atoms with Gasteiger partial charge in [-0.2, -0.15) is 0 Å². The van der Waals surface area contributed by atoms with Crippen LogP contribution < -0.4 is 10.0 Å². The number of aryl methyl sites for hydroxylation is 1. The fourth-order valence-corrected chi connectivity index (χ4v) is 4.14. The summed E-state index contributed by atoms with van der Waals surface area (Å²) in [5.74, 6) is 0. The van der Waals surface area contributed by atoms with E-state index in [2.05, 4.69) is 84.2 Å². The van der Waals surface area contributed by atoms with Gasteiger partial charge in [0.1, 0.15) is 0 Å². The number of anilines is 1. The van der Waals surface area contributed by atoms with Crippen LogP contribution in [-0.2, 0) is 6.42 Å². The van der Waals surface area contributed by atoms with Crippen molar-refractivity contribution in [1.29, 1.82) is 0 Å². The Labute approximate surface area is 166 Å². The van der Waals surface area contributed by atoms with E-state index in [9.17, 15) is 0 Å². The van der Waals surface area contributed by atoms with Gasteiger partial charge in [-0.25, -0.2) is 0 Å². The van der Waals surface area contributed by atoms with Crippen LogP contribution in [0.4, 0.5) is 5.69 Å². The molecule has 138 valence electrons. The molecule has 0 bridgehead atoms. The van der Waals surface area contributed by atoms with E-state index in [-0.39, 0.29) is 0 Å². The van der Waals surface area contributed by atoms with Crippen molar-refractivity contribution in [2.45, 2.75) is 31.4 Å². The molecule has 0 amide bonds. The minimum absolute atomic E-state index is 0.785. The van der Waals surface area contributed by atoms with Crippen molar-refractivity contribution < 1.29 is 0 Å². The van der Waals surface area contributed by atoms with Gasteiger partial charge in [-0.1, -0.05) is 67.1 Å². The van der Waals surface area contributed by atoms with Crippen LogP contribution in [-0.4, -0.2) is 11.8 Å². The summed E-state index contributed by atoms with van der Waals surface area (Å²) in [6, 6.07) is 21.8. The van der Waals surface area contributed by atoms with Gasteiger partial charge in [0.15, 0.2) is 0 Å². The molecule has 2 N–H and O–H groups in total. The summed E-state index contributed by atoms with van der Waals surface area (Å²) in [6.07, 6.45) is 3.62. The first-order chi connectivity index (χ1) is 13.2. The third-order valence-corrected chi connectivity index (χ3v) is 6.11. The van der Waals surface area contributed by atoms with Gasteiger partial charge in [-0.15, -0.1) is 0 Å². The van der Waals surface area contributed by atoms with Gasteiger partial charge in [0.2, 0.25) is 0 Å². The van der Waals surface area contributed by atoms with E-state index in [1.807, 2.05) is 11.9 Å². The van der Waals surface area contributed by atoms with Gasteiger partial charge in [-0.3, -0.25) is 4.72 Å². The topological polar surface area (TPSA) is 24.1 Å². The van der Waals surface area contributed by atoms with Gasteiger partial charge >= 0.3 is 0 Å². The minimum atomic E-state index is 0.785. The number of fused-ring (bicyclic) bond motifs is 1. The van der Waals surface area contributed by atoms with Crippen molar-refractivity contribution in [2.24, 2.45) is 0 Å². The molecule has 0 atom stereocenters. The highest BCUT2D eigenvalue weighted by atomic mass is 32.2. The molecule has 3 heteroatoms. The van der Waals surface area contributed by atoms with Gasteiger partial charge in [0.25, 0.3) is 0 Å². The molecule has 3 aromatic rings. The summed E-state index contributed by atoms with van der Waals surface area (Å²) in [6.45, 7) is 7.13. The fraction of sp³-hybridized carbons (Fsp3) is 0.250. The third kappa shape index (κ3) is 4.74. The van der Waals surface area contributed by atoms with Crippen LogP contribution in [0.15, 0.2) is 72.9 Å². The zero-order valence-corrected chi connectivity index (χ0v) is 16.6. The summed E-state index contributed by atoms with van der Waals surface area (Å²) >= 11 is 1.84. The van der Waals surface area contributed by atoms with E-state index in [0.717, 1.165) is 29.6 Å². The largest absolute Gasteiger partial charge is 0.358 e. The molecule has 2 nitrogen and oxygen atoms in total. The molecule has 1 fully saturated rings. The van der Waals surface area contributed by atoms with Crippen LogP contribution in [0.3, 0.4) is 0 Å². The van der Waals surface area contributed by atoms with Crippen molar-refractivity contribution in [1.82, 2.24) is 4.72 Å². The Morgan fingerprint density at radius 3 is 2.70 bits per heavy atom. The number of rotatable bonds is 8. The molecule has 3 aromatic carbocycles.